The van der Waals surface area contributed by atoms with Gasteiger partial charge >= 0.3 is 5.97 Å². The van der Waals surface area contributed by atoms with Gasteiger partial charge in [0.1, 0.15) is 0 Å². The molecule has 0 fully saturated rings. The van der Waals surface area contributed by atoms with Gasteiger partial charge in [-0.15, -0.1) is 0 Å². The second-order valence-corrected chi connectivity index (χ2v) is 5.14. The minimum Gasteiger partial charge on any atom is -0.478 e. The molecule has 0 saturated carbocycles. The molecule has 6 heteroatoms. The van der Waals surface area contributed by atoms with E-state index in [0.717, 1.165) is 0 Å². The van der Waals surface area contributed by atoms with Crippen molar-refractivity contribution >= 4 is 52.7 Å². The minimum atomic E-state index is -0.982. The van der Waals surface area contributed by atoms with Crippen LogP contribution >= 0.6 is 34.8 Å². The minimum absolute atomic E-state index is 0.200. The monoisotopic (exact) mass is 327 g/mol. The van der Waals surface area contributed by atoms with Gasteiger partial charge in [0.15, 0.2) is 0 Å². The summed E-state index contributed by atoms with van der Waals surface area (Å²) in [7, 11) is 0. The molecule has 2 aromatic carbocycles. The molecule has 0 amide bonds. The number of carbonyl (C=O) groups is 1. The average molecular weight is 329 g/mol. The second-order valence-electron chi connectivity index (χ2n) is 3.89. The molecular formula is C14H8Cl3NO2. The third-order valence-corrected chi connectivity index (χ3v) is 3.34. The van der Waals surface area contributed by atoms with Crippen LogP contribution in [0, 0.1) is 0 Å². The van der Waals surface area contributed by atoms with Gasteiger partial charge in [0.2, 0.25) is 0 Å². The molecule has 0 atom stereocenters. The first-order valence-electron chi connectivity index (χ1n) is 5.49. The van der Waals surface area contributed by atoms with E-state index in [2.05, 4.69) is 4.99 Å². The summed E-state index contributed by atoms with van der Waals surface area (Å²) in [4.78, 5) is 14.9. The van der Waals surface area contributed by atoms with Gasteiger partial charge in [-0.3, -0.25) is 4.99 Å². The number of rotatable bonds is 3. The lowest BCUT2D eigenvalue weighted by atomic mass is 10.2. The number of carboxylic acid groups (broad SMARTS) is 1. The summed E-state index contributed by atoms with van der Waals surface area (Å²) in [5.41, 5.74) is 1.35. The molecule has 102 valence electrons. The van der Waals surface area contributed by atoms with Gasteiger partial charge in [0.05, 0.1) is 21.3 Å². The van der Waals surface area contributed by atoms with E-state index in [-0.39, 0.29) is 5.56 Å². The zero-order valence-corrected chi connectivity index (χ0v) is 12.2. The summed E-state index contributed by atoms with van der Waals surface area (Å²) >= 11 is 17.9. The van der Waals surface area contributed by atoms with Crippen molar-refractivity contribution in [1.29, 1.82) is 0 Å². The third-order valence-electron chi connectivity index (χ3n) is 2.50. The van der Waals surface area contributed by atoms with Crippen LogP contribution in [0.25, 0.3) is 0 Å². The summed E-state index contributed by atoms with van der Waals surface area (Å²) in [6.45, 7) is 0. The van der Waals surface area contributed by atoms with Crippen molar-refractivity contribution in [1.82, 2.24) is 0 Å². The Hall–Kier alpha value is -1.55. The number of hydrogen-bond donors (Lipinski definition) is 1. The van der Waals surface area contributed by atoms with E-state index in [4.69, 9.17) is 39.9 Å². The number of aromatic carboxylic acids is 1. The molecule has 0 aliphatic heterocycles. The van der Waals surface area contributed by atoms with Crippen LogP contribution in [-0.2, 0) is 0 Å². The smallest absolute Gasteiger partial charge is 0.335 e. The summed E-state index contributed by atoms with van der Waals surface area (Å²) in [6.07, 6.45) is 1.51. The van der Waals surface area contributed by atoms with Crippen molar-refractivity contribution in [2.75, 3.05) is 0 Å². The van der Waals surface area contributed by atoms with Crippen LogP contribution in [-0.4, -0.2) is 17.3 Å². The highest BCUT2D eigenvalue weighted by Gasteiger charge is 2.05. The number of benzene rings is 2. The van der Waals surface area contributed by atoms with Crippen LogP contribution in [0.1, 0.15) is 15.9 Å². The highest BCUT2D eigenvalue weighted by molar-refractivity contribution is 6.41. The SMILES string of the molecule is O=C(O)c1ccc(/N=C/c2c(Cl)cc(Cl)cc2Cl)cc1. The molecule has 1 N–H and O–H groups in total. The number of hydrogen-bond acceptors (Lipinski definition) is 2. The molecule has 0 bridgehead atoms. The first-order valence-corrected chi connectivity index (χ1v) is 6.63. The summed E-state index contributed by atoms with van der Waals surface area (Å²) in [6, 6.07) is 9.28. The molecular weight excluding hydrogens is 321 g/mol. The van der Waals surface area contributed by atoms with Gasteiger partial charge < -0.3 is 5.11 Å². The molecule has 0 aromatic heterocycles. The number of carboxylic acids is 1. The van der Waals surface area contributed by atoms with Crippen LogP contribution in [0.3, 0.4) is 0 Å². The molecule has 3 nitrogen and oxygen atoms in total. The maximum Gasteiger partial charge on any atom is 0.335 e. The number of halogens is 3. The number of aliphatic imine (C=N–C) groups is 1. The van der Waals surface area contributed by atoms with Crippen molar-refractivity contribution in [2.45, 2.75) is 0 Å². The van der Waals surface area contributed by atoms with Gasteiger partial charge in [-0.1, -0.05) is 34.8 Å². The van der Waals surface area contributed by atoms with Crippen molar-refractivity contribution in [2.24, 2.45) is 4.99 Å². The van der Waals surface area contributed by atoms with E-state index in [1.807, 2.05) is 0 Å². The van der Waals surface area contributed by atoms with E-state index >= 15 is 0 Å². The predicted molar refractivity (Wildman–Crippen MR) is 82.1 cm³/mol. The standard InChI is InChI=1S/C14H8Cl3NO2/c15-9-5-12(16)11(13(17)6-9)7-18-10-3-1-8(2-4-10)14(19)20/h1-7H,(H,19,20)/b18-7+. The first-order chi connectivity index (χ1) is 9.47. The predicted octanol–water partition coefficient (Wildman–Crippen LogP) is 5.10. The van der Waals surface area contributed by atoms with Crippen molar-refractivity contribution < 1.29 is 9.90 Å². The highest BCUT2D eigenvalue weighted by atomic mass is 35.5. The Balaban J connectivity index is 2.27. The van der Waals surface area contributed by atoms with E-state index in [9.17, 15) is 4.79 Å². The lowest BCUT2D eigenvalue weighted by Crippen LogP contribution is -1.94. The molecule has 0 aliphatic rings. The Kier molecular flexibility index (Phi) is 4.65. The molecule has 0 saturated heterocycles. The number of nitrogens with zero attached hydrogens (tertiary/aromatic N) is 1. The van der Waals surface area contributed by atoms with Gasteiger partial charge in [0.25, 0.3) is 0 Å². The molecule has 20 heavy (non-hydrogen) atoms. The third kappa shape index (κ3) is 3.51. The maximum absolute atomic E-state index is 10.7. The fourth-order valence-electron chi connectivity index (χ4n) is 1.51. The Morgan fingerprint density at radius 2 is 1.60 bits per heavy atom. The Labute approximate surface area is 130 Å². The molecule has 0 radical (unpaired) electrons. The van der Waals surface area contributed by atoms with Crippen LogP contribution in [0.4, 0.5) is 5.69 Å². The zero-order valence-electron chi connectivity index (χ0n) is 9.98. The lowest BCUT2D eigenvalue weighted by molar-refractivity contribution is 0.0697. The highest BCUT2D eigenvalue weighted by Crippen LogP contribution is 2.28. The Bertz CT molecular complexity index is 658. The lowest BCUT2D eigenvalue weighted by Gasteiger charge is -2.02. The van der Waals surface area contributed by atoms with Gasteiger partial charge in [-0.05, 0) is 36.4 Å². The molecule has 2 rings (SSSR count). The molecule has 2 aromatic rings. The second kappa shape index (κ2) is 6.27. The Morgan fingerprint density at radius 3 is 2.10 bits per heavy atom. The molecule has 0 heterocycles. The van der Waals surface area contributed by atoms with Crippen molar-refractivity contribution in [3.8, 4) is 0 Å². The van der Waals surface area contributed by atoms with Gasteiger partial charge in [0, 0.05) is 16.8 Å². The summed E-state index contributed by atoms with van der Waals surface area (Å²) < 4.78 is 0. The van der Waals surface area contributed by atoms with Crippen molar-refractivity contribution in [3.05, 3.63) is 62.6 Å². The molecule has 0 spiro atoms. The van der Waals surface area contributed by atoms with E-state index < -0.39 is 5.97 Å². The van der Waals surface area contributed by atoms with Crippen LogP contribution in [0.5, 0.6) is 0 Å². The van der Waals surface area contributed by atoms with Crippen LogP contribution in [0.15, 0.2) is 41.4 Å². The van der Waals surface area contributed by atoms with Crippen LogP contribution < -0.4 is 0 Å². The average Bonchev–Trinajstić information content (AvgIpc) is 2.38. The summed E-state index contributed by atoms with van der Waals surface area (Å²) in [5, 5.41) is 10.0. The fraction of sp³-hybridized carbons (Fsp3) is 0. The van der Waals surface area contributed by atoms with E-state index in [1.54, 1.807) is 24.3 Å². The van der Waals surface area contributed by atoms with E-state index in [0.29, 0.717) is 26.3 Å². The van der Waals surface area contributed by atoms with Crippen molar-refractivity contribution in [3.63, 3.8) is 0 Å². The first kappa shape index (κ1) is 14.9. The Morgan fingerprint density at radius 1 is 1.05 bits per heavy atom. The van der Waals surface area contributed by atoms with E-state index in [1.165, 1.54) is 18.3 Å². The normalized spacial score (nSPS) is 10.9. The quantitative estimate of drug-likeness (QED) is 0.797. The maximum atomic E-state index is 10.7. The van der Waals surface area contributed by atoms with Gasteiger partial charge in [-0.25, -0.2) is 4.79 Å². The molecule has 0 aliphatic carbocycles. The van der Waals surface area contributed by atoms with Crippen LogP contribution in [0.2, 0.25) is 15.1 Å². The topological polar surface area (TPSA) is 49.7 Å². The fourth-order valence-corrected chi connectivity index (χ4v) is 2.42. The molecule has 0 unspecified atom stereocenters. The summed E-state index contributed by atoms with van der Waals surface area (Å²) in [5.74, 6) is -0.982. The van der Waals surface area contributed by atoms with Gasteiger partial charge in [-0.2, -0.15) is 0 Å². The largest absolute Gasteiger partial charge is 0.478 e. The zero-order chi connectivity index (χ0) is 14.7.